The molecule has 0 radical (unpaired) electrons. The summed E-state index contributed by atoms with van der Waals surface area (Å²) in [5.41, 5.74) is 2.19. The van der Waals surface area contributed by atoms with E-state index in [1.807, 2.05) is 12.1 Å². The molecule has 0 unspecified atom stereocenters. The van der Waals surface area contributed by atoms with Gasteiger partial charge in [0.15, 0.2) is 23.0 Å². The van der Waals surface area contributed by atoms with E-state index < -0.39 is 0 Å². The second-order valence-electron chi connectivity index (χ2n) is 10.5. The second kappa shape index (κ2) is 12.5. The molecule has 4 rings (SSSR count). The van der Waals surface area contributed by atoms with Crippen LogP contribution in [0.4, 0.5) is 0 Å². The third kappa shape index (κ3) is 7.28. The van der Waals surface area contributed by atoms with Crippen LogP contribution in [0.15, 0.2) is 36.4 Å². The molecular formula is C29H42N2O4. The summed E-state index contributed by atoms with van der Waals surface area (Å²) >= 11 is 0. The van der Waals surface area contributed by atoms with Crippen molar-refractivity contribution in [3.63, 3.8) is 0 Å². The Balaban J connectivity index is 1.10. The molecule has 0 aromatic heterocycles. The first-order valence-corrected chi connectivity index (χ1v) is 13.5. The Bertz CT molecular complexity index is 875. The first-order chi connectivity index (χ1) is 17.0. The number of phenols is 4. The number of likely N-dealkylation sites (tertiary alicyclic amines) is 2. The molecule has 2 saturated heterocycles. The molecule has 2 atom stereocenters. The first kappa shape index (κ1) is 25.6. The molecule has 0 aliphatic carbocycles. The Morgan fingerprint density at radius 3 is 1.43 bits per heavy atom. The summed E-state index contributed by atoms with van der Waals surface area (Å²) in [6.07, 6.45) is 13.1. The van der Waals surface area contributed by atoms with E-state index >= 15 is 0 Å². The molecule has 2 aromatic carbocycles. The number of phenolic OH excluding ortho intramolecular Hbond substituents is 4. The van der Waals surface area contributed by atoms with Crippen LogP contribution in [0.5, 0.6) is 23.0 Å². The smallest absolute Gasteiger partial charge is 0.157 e. The van der Waals surface area contributed by atoms with Crippen LogP contribution < -0.4 is 0 Å². The summed E-state index contributed by atoms with van der Waals surface area (Å²) in [5.74, 6) is -0.135. The van der Waals surface area contributed by atoms with Gasteiger partial charge in [-0.25, -0.2) is 0 Å². The third-order valence-electron chi connectivity index (χ3n) is 7.91. The summed E-state index contributed by atoms with van der Waals surface area (Å²) in [6, 6.07) is 11.5. The van der Waals surface area contributed by atoms with Gasteiger partial charge in [-0.2, -0.15) is 0 Å². The van der Waals surface area contributed by atoms with Gasteiger partial charge in [0.05, 0.1) is 0 Å². The highest BCUT2D eigenvalue weighted by Gasteiger charge is 2.25. The highest BCUT2D eigenvalue weighted by molar-refractivity contribution is 5.41. The minimum absolute atomic E-state index is 0.0213. The van der Waals surface area contributed by atoms with Crippen LogP contribution in [0.25, 0.3) is 0 Å². The molecule has 6 nitrogen and oxygen atoms in total. The Labute approximate surface area is 209 Å². The molecule has 0 spiro atoms. The van der Waals surface area contributed by atoms with Crippen LogP contribution in [0.3, 0.4) is 0 Å². The van der Waals surface area contributed by atoms with E-state index in [2.05, 4.69) is 9.80 Å². The zero-order chi connectivity index (χ0) is 24.6. The van der Waals surface area contributed by atoms with Gasteiger partial charge in [0.25, 0.3) is 0 Å². The Morgan fingerprint density at radius 2 is 1.00 bits per heavy atom. The lowest BCUT2D eigenvalue weighted by Crippen LogP contribution is -2.32. The SMILES string of the molecule is Oc1ccc(C[C@@H]2CCCN2CCCCCCCN2CCC[C@H]2Cc2ccc(O)c(O)c2)cc1O. The summed E-state index contributed by atoms with van der Waals surface area (Å²) in [4.78, 5) is 5.22. The highest BCUT2D eigenvalue weighted by Crippen LogP contribution is 2.29. The van der Waals surface area contributed by atoms with Crippen molar-refractivity contribution in [1.29, 1.82) is 0 Å². The average Bonchev–Trinajstić information content (AvgIpc) is 3.47. The Hall–Kier alpha value is -2.44. The van der Waals surface area contributed by atoms with Gasteiger partial charge in [0, 0.05) is 12.1 Å². The molecule has 0 saturated carbocycles. The highest BCUT2D eigenvalue weighted by atomic mass is 16.3. The first-order valence-electron chi connectivity index (χ1n) is 13.5. The maximum atomic E-state index is 9.77. The van der Waals surface area contributed by atoms with Crippen LogP contribution in [-0.2, 0) is 12.8 Å². The molecule has 2 fully saturated rings. The van der Waals surface area contributed by atoms with Crippen LogP contribution in [-0.4, -0.2) is 68.5 Å². The van der Waals surface area contributed by atoms with Crippen molar-refractivity contribution in [3.05, 3.63) is 47.5 Å². The molecule has 2 aliphatic rings. The summed E-state index contributed by atoms with van der Waals surface area (Å²) in [6.45, 7) is 4.65. The van der Waals surface area contributed by atoms with E-state index in [0.717, 1.165) is 37.1 Å². The van der Waals surface area contributed by atoms with E-state index in [1.165, 1.54) is 70.9 Å². The molecule has 2 aliphatic heterocycles. The molecule has 192 valence electrons. The molecule has 0 amide bonds. The Kier molecular flexibility index (Phi) is 9.16. The van der Waals surface area contributed by atoms with Gasteiger partial charge in [-0.1, -0.05) is 31.4 Å². The van der Waals surface area contributed by atoms with Gasteiger partial charge < -0.3 is 30.2 Å². The van der Waals surface area contributed by atoms with Crippen LogP contribution in [0.2, 0.25) is 0 Å². The molecule has 2 aromatic rings. The average molecular weight is 483 g/mol. The quantitative estimate of drug-likeness (QED) is 0.247. The number of unbranched alkanes of at least 4 members (excludes halogenated alkanes) is 4. The van der Waals surface area contributed by atoms with Gasteiger partial charge in [-0.05, 0) is 113 Å². The van der Waals surface area contributed by atoms with Crippen molar-refractivity contribution in [3.8, 4) is 23.0 Å². The third-order valence-corrected chi connectivity index (χ3v) is 7.91. The number of aromatic hydroxyl groups is 4. The lowest BCUT2D eigenvalue weighted by Gasteiger charge is -2.25. The van der Waals surface area contributed by atoms with Crippen LogP contribution in [0, 0.1) is 0 Å². The van der Waals surface area contributed by atoms with E-state index in [-0.39, 0.29) is 23.0 Å². The Morgan fingerprint density at radius 1 is 0.571 bits per heavy atom. The fraction of sp³-hybridized carbons (Fsp3) is 0.586. The summed E-state index contributed by atoms with van der Waals surface area (Å²) in [7, 11) is 0. The predicted octanol–water partition coefficient (Wildman–Crippen LogP) is 5.17. The van der Waals surface area contributed by atoms with Crippen molar-refractivity contribution in [2.45, 2.75) is 82.7 Å². The van der Waals surface area contributed by atoms with Crippen molar-refractivity contribution in [2.75, 3.05) is 26.2 Å². The van der Waals surface area contributed by atoms with E-state index in [1.54, 1.807) is 24.3 Å². The summed E-state index contributed by atoms with van der Waals surface area (Å²) < 4.78 is 0. The number of nitrogens with zero attached hydrogens (tertiary/aromatic N) is 2. The summed E-state index contributed by atoms with van der Waals surface area (Å²) in [5, 5.41) is 38.6. The number of rotatable bonds is 12. The van der Waals surface area contributed by atoms with Gasteiger partial charge in [0.1, 0.15) is 0 Å². The van der Waals surface area contributed by atoms with Gasteiger partial charge >= 0.3 is 0 Å². The number of hydrogen-bond donors (Lipinski definition) is 4. The monoisotopic (exact) mass is 482 g/mol. The predicted molar refractivity (Wildman–Crippen MR) is 139 cm³/mol. The van der Waals surface area contributed by atoms with E-state index in [9.17, 15) is 20.4 Å². The molecule has 35 heavy (non-hydrogen) atoms. The minimum Gasteiger partial charge on any atom is -0.504 e. The van der Waals surface area contributed by atoms with Crippen LogP contribution in [0.1, 0.15) is 68.9 Å². The number of hydrogen-bond acceptors (Lipinski definition) is 6. The second-order valence-corrected chi connectivity index (χ2v) is 10.5. The molecular weight excluding hydrogens is 440 g/mol. The topological polar surface area (TPSA) is 87.4 Å². The van der Waals surface area contributed by atoms with Gasteiger partial charge in [0.2, 0.25) is 0 Å². The zero-order valence-corrected chi connectivity index (χ0v) is 20.9. The van der Waals surface area contributed by atoms with E-state index in [4.69, 9.17) is 0 Å². The fourth-order valence-corrected chi connectivity index (χ4v) is 5.94. The maximum absolute atomic E-state index is 9.77. The minimum atomic E-state index is -0.0464. The fourth-order valence-electron chi connectivity index (χ4n) is 5.94. The molecule has 6 heteroatoms. The van der Waals surface area contributed by atoms with Crippen molar-refractivity contribution >= 4 is 0 Å². The van der Waals surface area contributed by atoms with Gasteiger partial charge in [-0.15, -0.1) is 0 Å². The normalized spacial score (nSPS) is 21.1. The molecule has 2 heterocycles. The van der Waals surface area contributed by atoms with Crippen molar-refractivity contribution < 1.29 is 20.4 Å². The standard InChI is InChI=1S/C29H42N2O4/c32-26-12-10-22(20-28(26)34)18-24-8-6-16-30(24)14-4-2-1-3-5-15-31-17-7-9-25(31)19-23-11-13-27(33)29(35)21-23/h10-13,20-21,24-25,32-35H,1-9,14-19H2/t24-,25-/m0/s1. The maximum Gasteiger partial charge on any atom is 0.157 e. The lowest BCUT2D eigenvalue weighted by atomic mass is 10.0. The number of benzene rings is 2. The van der Waals surface area contributed by atoms with Gasteiger partial charge in [-0.3, -0.25) is 0 Å². The largest absolute Gasteiger partial charge is 0.504 e. The zero-order valence-electron chi connectivity index (χ0n) is 20.9. The molecule has 4 N–H and O–H groups in total. The molecule has 0 bridgehead atoms. The van der Waals surface area contributed by atoms with E-state index in [0.29, 0.717) is 12.1 Å². The van der Waals surface area contributed by atoms with Crippen LogP contribution >= 0.6 is 0 Å². The lowest BCUT2D eigenvalue weighted by molar-refractivity contribution is 0.240. The van der Waals surface area contributed by atoms with Crippen molar-refractivity contribution in [1.82, 2.24) is 9.80 Å². The van der Waals surface area contributed by atoms with Crippen molar-refractivity contribution in [2.24, 2.45) is 0 Å².